The van der Waals surface area contributed by atoms with Crippen LogP contribution in [0.25, 0.3) is 54.6 Å². The van der Waals surface area contributed by atoms with E-state index < -0.39 is 0 Å². The van der Waals surface area contributed by atoms with Gasteiger partial charge in [-0.3, -0.25) is 0 Å². The van der Waals surface area contributed by atoms with Gasteiger partial charge in [0, 0.05) is 22.2 Å². The van der Waals surface area contributed by atoms with Crippen molar-refractivity contribution < 1.29 is 0 Å². The molecule has 0 saturated heterocycles. The Bertz CT molecular complexity index is 2450. The van der Waals surface area contributed by atoms with Gasteiger partial charge in [0.1, 0.15) is 0 Å². The zero-order valence-electron chi connectivity index (χ0n) is 26.0. The summed E-state index contributed by atoms with van der Waals surface area (Å²) in [5.74, 6) is 0. The molecule has 0 spiro atoms. The Kier molecular flexibility index (Phi) is 5.92. The maximum atomic E-state index is 2.47. The molecule has 1 aliphatic carbocycles. The van der Waals surface area contributed by atoms with Crippen LogP contribution in [0.15, 0.2) is 164 Å². The first-order chi connectivity index (χ1) is 22.6. The van der Waals surface area contributed by atoms with Crippen LogP contribution in [0.4, 0.5) is 17.1 Å². The fraction of sp³-hybridized carbons (Fsp3) is 0.0667. The summed E-state index contributed by atoms with van der Waals surface area (Å²) in [6.07, 6.45) is 0. The normalized spacial score (nSPS) is 13.2. The summed E-state index contributed by atoms with van der Waals surface area (Å²) in [5, 5.41) is 7.61. The molecule has 1 heteroatoms. The zero-order valence-corrected chi connectivity index (χ0v) is 26.0. The van der Waals surface area contributed by atoms with Crippen molar-refractivity contribution in [3.8, 4) is 22.3 Å². The highest BCUT2D eigenvalue weighted by molar-refractivity contribution is 6.23. The average molecular weight is 588 g/mol. The Morgan fingerprint density at radius 2 is 1.07 bits per heavy atom. The van der Waals surface area contributed by atoms with Gasteiger partial charge in [0.15, 0.2) is 0 Å². The first-order valence-electron chi connectivity index (χ1n) is 16.1. The van der Waals surface area contributed by atoms with Crippen LogP contribution < -0.4 is 4.90 Å². The van der Waals surface area contributed by atoms with E-state index in [-0.39, 0.29) is 5.41 Å². The standard InChI is InChI=1S/C45H33N/c1-45(2)41-22-11-10-19-37(41)38-26-25-35(29-42(38)45)46(34-17-12-16-32(27-34)30-13-4-3-5-14-30)43-28-33-24-23-31-15-6-7-18-36(31)44(33)40-21-9-8-20-39(40)43/h3-29H,1-2H3. The van der Waals surface area contributed by atoms with Crippen molar-refractivity contribution in [2.24, 2.45) is 0 Å². The van der Waals surface area contributed by atoms with E-state index in [1.165, 1.54) is 71.4 Å². The highest BCUT2D eigenvalue weighted by Crippen LogP contribution is 2.51. The van der Waals surface area contributed by atoms with Gasteiger partial charge >= 0.3 is 0 Å². The largest absolute Gasteiger partial charge is 0.310 e. The number of hydrogen-bond donors (Lipinski definition) is 0. The molecule has 0 N–H and O–H groups in total. The first kappa shape index (κ1) is 26.7. The van der Waals surface area contributed by atoms with E-state index in [0.717, 1.165) is 11.4 Å². The van der Waals surface area contributed by atoms with E-state index in [2.05, 4.69) is 183 Å². The molecule has 0 radical (unpaired) electrons. The summed E-state index contributed by atoms with van der Waals surface area (Å²) in [7, 11) is 0. The fourth-order valence-corrected chi connectivity index (χ4v) is 7.76. The summed E-state index contributed by atoms with van der Waals surface area (Å²) in [4.78, 5) is 2.47. The molecule has 0 saturated carbocycles. The number of fused-ring (bicyclic) bond motifs is 8. The lowest BCUT2D eigenvalue weighted by Crippen LogP contribution is -2.16. The summed E-state index contributed by atoms with van der Waals surface area (Å²) in [6, 6.07) is 60.2. The van der Waals surface area contributed by atoms with Crippen LogP contribution in [0, 0.1) is 0 Å². The minimum absolute atomic E-state index is 0.0934. The van der Waals surface area contributed by atoms with Crippen molar-refractivity contribution in [3.05, 3.63) is 175 Å². The Morgan fingerprint density at radius 1 is 0.413 bits per heavy atom. The molecule has 0 atom stereocenters. The Hall–Kier alpha value is -5.66. The third-order valence-corrected chi connectivity index (χ3v) is 10.0. The second-order valence-corrected chi connectivity index (χ2v) is 13.0. The van der Waals surface area contributed by atoms with Gasteiger partial charge in [-0.1, -0.05) is 147 Å². The lowest BCUT2D eigenvalue weighted by molar-refractivity contribution is 0.660. The third kappa shape index (κ3) is 4.02. The van der Waals surface area contributed by atoms with Gasteiger partial charge in [-0.15, -0.1) is 0 Å². The number of rotatable bonds is 4. The van der Waals surface area contributed by atoms with E-state index >= 15 is 0 Å². The maximum absolute atomic E-state index is 2.47. The summed E-state index contributed by atoms with van der Waals surface area (Å²) in [6.45, 7) is 4.72. The second-order valence-electron chi connectivity index (χ2n) is 13.0. The fourth-order valence-electron chi connectivity index (χ4n) is 7.76. The van der Waals surface area contributed by atoms with Gasteiger partial charge in [0.2, 0.25) is 0 Å². The molecule has 1 nitrogen and oxygen atoms in total. The van der Waals surface area contributed by atoms with Gasteiger partial charge in [-0.25, -0.2) is 0 Å². The summed E-state index contributed by atoms with van der Waals surface area (Å²) >= 11 is 0. The lowest BCUT2D eigenvalue weighted by atomic mass is 9.82. The van der Waals surface area contributed by atoms with Crippen LogP contribution in [-0.4, -0.2) is 0 Å². The monoisotopic (exact) mass is 587 g/mol. The number of benzene rings is 8. The Labute approximate surface area is 270 Å². The van der Waals surface area contributed by atoms with Crippen LogP contribution in [0.1, 0.15) is 25.0 Å². The van der Waals surface area contributed by atoms with E-state index in [1.54, 1.807) is 0 Å². The molecular formula is C45H33N. The zero-order chi connectivity index (χ0) is 30.8. The molecule has 0 aliphatic heterocycles. The molecule has 0 heterocycles. The van der Waals surface area contributed by atoms with Crippen molar-refractivity contribution >= 4 is 49.4 Å². The quantitative estimate of drug-likeness (QED) is 0.185. The predicted molar refractivity (Wildman–Crippen MR) is 197 cm³/mol. The molecule has 46 heavy (non-hydrogen) atoms. The molecule has 218 valence electrons. The van der Waals surface area contributed by atoms with Crippen LogP contribution in [0.2, 0.25) is 0 Å². The van der Waals surface area contributed by atoms with Gasteiger partial charge < -0.3 is 4.90 Å². The van der Waals surface area contributed by atoms with Gasteiger partial charge in [-0.05, 0) is 90.6 Å². The van der Waals surface area contributed by atoms with Crippen molar-refractivity contribution in [2.75, 3.05) is 4.90 Å². The van der Waals surface area contributed by atoms with Gasteiger partial charge in [0.25, 0.3) is 0 Å². The van der Waals surface area contributed by atoms with Crippen LogP contribution in [0.5, 0.6) is 0 Å². The van der Waals surface area contributed by atoms with Crippen molar-refractivity contribution in [1.29, 1.82) is 0 Å². The second kappa shape index (κ2) is 10.2. The van der Waals surface area contributed by atoms with Crippen molar-refractivity contribution in [1.82, 2.24) is 0 Å². The van der Waals surface area contributed by atoms with Crippen LogP contribution in [-0.2, 0) is 5.41 Å². The minimum Gasteiger partial charge on any atom is -0.310 e. The van der Waals surface area contributed by atoms with Crippen molar-refractivity contribution in [2.45, 2.75) is 19.3 Å². The smallest absolute Gasteiger partial charge is 0.0546 e. The molecule has 9 rings (SSSR count). The van der Waals surface area contributed by atoms with Crippen LogP contribution in [0.3, 0.4) is 0 Å². The molecule has 8 aromatic carbocycles. The summed E-state index contributed by atoms with van der Waals surface area (Å²) < 4.78 is 0. The predicted octanol–water partition coefficient (Wildman–Crippen LogP) is 12.6. The van der Waals surface area contributed by atoms with Gasteiger partial charge in [-0.2, -0.15) is 0 Å². The molecule has 0 unspecified atom stereocenters. The maximum Gasteiger partial charge on any atom is 0.0546 e. The Morgan fingerprint density at radius 3 is 1.93 bits per heavy atom. The molecular weight excluding hydrogens is 555 g/mol. The van der Waals surface area contributed by atoms with Crippen molar-refractivity contribution in [3.63, 3.8) is 0 Å². The highest BCUT2D eigenvalue weighted by Gasteiger charge is 2.35. The lowest BCUT2D eigenvalue weighted by Gasteiger charge is -2.30. The van der Waals surface area contributed by atoms with E-state index in [4.69, 9.17) is 0 Å². The molecule has 0 aromatic heterocycles. The average Bonchev–Trinajstić information content (AvgIpc) is 3.34. The first-order valence-corrected chi connectivity index (χ1v) is 16.1. The molecule has 8 aromatic rings. The number of anilines is 3. The highest BCUT2D eigenvalue weighted by atomic mass is 15.1. The Balaban J connectivity index is 1.34. The van der Waals surface area contributed by atoms with Crippen LogP contribution >= 0.6 is 0 Å². The van der Waals surface area contributed by atoms with E-state index in [9.17, 15) is 0 Å². The molecule has 0 bridgehead atoms. The van der Waals surface area contributed by atoms with E-state index in [1.807, 2.05) is 0 Å². The summed E-state index contributed by atoms with van der Waals surface area (Å²) in [5.41, 5.74) is 11.2. The third-order valence-electron chi connectivity index (χ3n) is 10.0. The molecule has 0 fully saturated rings. The minimum atomic E-state index is -0.0934. The molecule has 0 amide bonds. The van der Waals surface area contributed by atoms with E-state index in [0.29, 0.717) is 0 Å². The topological polar surface area (TPSA) is 3.24 Å². The van der Waals surface area contributed by atoms with Gasteiger partial charge in [0.05, 0.1) is 5.69 Å². The molecule has 1 aliphatic rings. The SMILES string of the molecule is CC1(C)c2ccccc2-c2ccc(N(c3cccc(-c4ccccc4)c3)c3cc4ccc5ccccc5c4c4ccccc34)cc21. The number of nitrogens with zero attached hydrogens (tertiary/aromatic N) is 1. The number of hydrogen-bond acceptors (Lipinski definition) is 1.